The number of thiophene rings is 1. The van der Waals surface area contributed by atoms with Crippen LogP contribution >= 0.6 is 11.3 Å². The van der Waals surface area contributed by atoms with Crippen molar-refractivity contribution in [3.05, 3.63) is 22.8 Å². The van der Waals surface area contributed by atoms with Crippen LogP contribution in [0.3, 0.4) is 0 Å². The zero-order valence-corrected chi connectivity index (χ0v) is 11.4. The van der Waals surface area contributed by atoms with Gasteiger partial charge >= 0.3 is 0 Å². The maximum atomic E-state index is 11.4. The highest BCUT2D eigenvalue weighted by Gasteiger charge is 2.32. The van der Waals surface area contributed by atoms with Gasteiger partial charge in [0.25, 0.3) is 5.89 Å². The fourth-order valence-corrected chi connectivity index (χ4v) is 4.56. The van der Waals surface area contributed by atoms with E-state index in [1.807, 2.05) is 0 Å². The van der Waals surface area contributed by atoms with E-state index in [0.717, 1.165) is 0 Å². The van der Waals surface area contributed by atoms with Crippen LogP contribution in [-0.2, 0) is 9.84 Å². The van der Waals surface area contributed by atoms with Crippen molar-refractivity contribution in [2.45, 2.75) is 12.3 Å². The van der Waals surface area contributed by atoms with Crippen LogP contribution in [0.2, 0.25) is 0 Å². The minimum absolute atomic E-state index is 0.0710. The van der Waals surface area contributed by atoms with Gasteiger partial charge in [0.05, 0.1) is 17.1 Å². The van der Waals surface area contributed by atoms with Crippen molar-refractivity contribution in [1.82, 2.24) is 10.1 Å². The Hall–Kier alpha value is -1.72. The van der Waals surface area contributed by atoms with E-state index < -0.39 is 9.84 Å². The summed E-state index contributed by atoms with van der Waals surface area (Å²) in [6.07, 6.45) is 0.525. The number of nitriles is 1. The Bertz CT molecular complexity index is 754. The molecule has 19 heavy (non-hydrogen) atoms. The molecule has 0 spiro atoms. The minimum atomic E-state index is -2.97. The van der Waals surface area contributed by atoms with Gasteiger partial charge in [-0.05, 0) is 17.9 Å². The molecular weight excluding hydrogens is 286 g/mol. The van der Waals surface area contributed by atoms with Crippen molar-refractivity contribution < 1.29 is 12.9 Å². The normalized spacial score (nSPS) is 21.3. The Kier molecular flexibility index (Phi) is 2.88. The third-order valence-corrected chi connectivity index (χ3v) is 5.69. The van der Waals surface area contributed by atoms with E-state index in [4.69, 9.17) is 9.78 Å². The zero-order chi connectivity index (χ0) is 13.5. The van der Waals surface area contributed by atoms with Crippen LogP contribution < -0.4 is 0 Å². The third-order valence-electron chi connectivity index (χ3n) is 3.02. The van der Waals surface area contributed by atoms with Crippen molar-refractivity contribution >= 4 is 21.2 Å². The second-order valence-corrected chi connectivity index (χ2v) is 7.48. The van der Waals surface area contributed by atoms with Crippen LogP contribution in [0.15, 0.2) is 16.0 Å². The molecule has 0 bridgehead atoms. The molecule has 0 aromatic carbocycles. The predicted octanol–water partition coefficient (Wildman–Crippen LogP) is 1.57. The molecule has 0 aliphatic carbocycles. The molecule has 1 atom stereocenters. The number of aromatic nitrogens is 2. The number of nitrogens with zero attached hydrogens (tertiary/aromatic N) is 3. The Balaban J connectivity index is 1.91. The Labute approximate surface area is 113 Å². The Morgan fingerprint density at radius 1 is 1.53 bits per heavy atom. The van der Waals surface area contributed by atoms with Crippen LogP contribution in [0.25, 0.3) is 10.8 Å². The number of rotatable bonds is 2. The van der Waals surface area contributed by atoms with E-state index >= 15 is 0 Å². The summed E-state index contributed by atoms with van der Waals surface area (Å²) < 4.78 is 28.0. The van der Waals surface area contributed by atoms with Gasteiger partial charge in [-0.25, -0.2) is 8.42 Å². The fourth-order valence-electron chi connectivity index (χ4n) is 2.05. The van der Waals surface area contributed by atoms with Crippen molar-refractivity contribution in [1.29, 1.82) is 5.26 Å². The minimum Gasteiger partial charge on any atom is -0.333 e. The third kappa shape index (κ3) is 2.27. The van der Waals surface area contributed by atoms with Gasteiger partial charge in [-0.2, -0.15) is 10.2 Å². The summed E-state index contributed by atoms with van der Waals surface area (Å²) in [4.78, 5) is 4.85. The summed E-state index contributed by atoms with van der Waals surface area (Å²) >= 11 is 1.35. The van der Waals surface area contributed by atoms with Crippen molar-refractivity contribution in [2.24, 2.45) is 0 Å². The maximum Gasteiger partial charge on any atom is 0.269 e. The summed E-state index contributed by atoms with van der Waals surface area (Å²) in [5, 5.41) is 14.6. The zero-order valence-electron chi connectivity index (χ0n) is 9.74. The first-order valence-corrected chi connectivity index (χ1v) is 8.31. The van der Waals surface area contributed by atoms with Gasteiger partial charge in [0.2, 0.25) is 0 Å². The average molecular weight is 295 g/mol. The van der Waals surface area contributed by atoms with E-state index in [9.17, 15) is 8.42 Å². The molecule has 6 nitrogen and oxygen atoms in total. The number of hydrogen-bond acceptors (Lipinski definition) is 7. The molecule has 0 radical (unpaired) electrons. The first-order valence-electron chi connectivity index (χ1n) is 5.61. The smallest absolute Gasteiger partial charge is 0.269 e. The van der Waals surface area contributed by atoms with Gasteiger partial charge in [0.15, 0.2) is 15.7 Å². The molecule has 1 aliphatic heterocycles. The number of hydrogen-bond donors (Lipinski definition) is 0. The standard InChI is InChI=1S/C11H9N3O3S2/c12-5-7-1-3-18-9(7)11-13-10(14-17-11)8-2-4-19(15,16)6-8/h1,3,8H,2,4,6H2. The largest absolute Gasteiger partial charge is 0.333 e. The van der Waals surface area contributed by atoms with Gasteiger partial charge in [-0.15, -0.1) is 11.3 Å². The maximum absolute atomic E-state index is 11.4. The molecule has 1 unspecified atom stereocenters. The predicted molar refractivity (Wildman–Crippen MR) is 68.3 cm³/mol. The number of sulfone groups is 1. The molecule has 3 rings (SSSR count). The van der Waals surface area contributed by atoms with E-state index in [0.29, 0.717) is 22.7 Å². The van der Waals surface area contributed by atoms with Gasteiger partial charge in [-0.3, -0.25) is 0 Å². The van der Waals surface area contributed by atoms with Crippen molar-refractivity contribution in [2.75, 3.05) is 11.5 Å². The lowest BCUT2D eigenvalue weighted by molar-refractivity contribution is 0.418. The molecule has 0 amide bonds. The van der Waals surface area contributed by atoms with Crippen LogP contribution in [-0.4, -0.2) is 30.1 Å². The molecule has 1 fully saturated rings. The first-order chi connectivity index (χ1) is 9.09. The monoisotopic (exact) mass is 295 g/mol. The molecule has 8 heteroatoms. The summed E-state index contributed by atoms with van der Waals surface area (Å²) in [5.74, 6) is 0.734. The molecule has 98 valence electrons. The Morgan fingerprint density at radius 3 is 3.05 bits per heavy atom. The van der Waals surface area contributed by atoms with Gasteiger partial charge in [0.1, 0.15) is 10.9 Å². The molecule has 0 saturated carbocycles. The van der Waals surface area contributed by atoms with Crippen molar-refractivity contribution in [3.8, 4) is 16.8 Å². The first kappa shape index (κ1) is 12.3. The molecule has 1 aliphatic rings. The molecule has 2 aromatic heterocycles. The second kappa shape index (κ2) is 4.43. The highest BCUT2D eigenvalue weighted by atomic mass is 32.2. The van der Waals surface area contributed by atoms with Gasteiger partial charge in [0, 0.05) is 5.92 Å². The SMILES string of the molecule is N#Cc1ccsc1-c1nc(C2CCS(=O)(=O)C2)no1. The van der Waals surface area contributed by atoms with E-state index in [1.54, 1.807) is 11.4 Å². The highest BCUT2D eigenvalue weighted by Crippen LogP contribution is 2.31. The van der Waals surface area contributed by atoms with E-state index in [1.165, 1.54) is 11.3 Å². The fraction of sp³-hybridized carbons (Fsp3) is 0.364. The average Bonchev–Trinajstić information content (AvgIpc) is 3.05. The van der Waals surface area contributed by atoms with Crippen LogP contribution in [0.5, 0.6) is 0 Å². The van der Waals surface area contributed by atoms with Crippen LogP contribution in [0.4, 0.5) is 0 Å². The van der Waals surface area contributed by atoms with Crippen LogP contribution in [0.1, 0.15) is 23.7 Å². The van der Waals surface area contributed by atoms with E-state index in [-0.39, 0.29) is 23.3 Å². The summed E-state index contributed by atoms with van der Waals surface area (Å²) in [6, 6.07) is 3.74. The molecule has 0 N–H and O–H groups in total. The van der Waals surface area contributed by atoms with E-state index in [2.05, 4.69) is 16.2 Å². The molecular formula is C11H9N3O3S2. The summed E-state index contributed by atoms with van der Waals surface area (Å²) in [6.45, 7) is 0. The lowest BCUT2D eigenvalue weighted by Crippen LogP contribution is -2.04. The molecule has 3 heterocycles. The van der Waals surface area contributed by atoms with Crippen molar-refractivity contribution in [3.63, 3.8) is 0 Å². The lowest BCUT2D eigenvalue weighted by atomic mass is 10.1. The molecule has 2 aromatic rings. The molecule has 1 saturated heterocycles. The van der Waals surface area contributed by atoms with Gasteiger partial charge < -0.3 is 4.52 Å². The summed E-state index contributed by atoms with van der Waals surface area (Å²) in [7, 11) is -2.97. The highest BCUT2D eigenvalue weighted by molar-refractivity contribution is 7.91. The van der Waals surface area contributed by atoms with Gasteiger partial charge in [-0.1, -0.05) is 5.16 Å². The topological polar surface area (TPSA) is 96.8 Å². The quantitative estimate of drug-likeness (QED) is 0.834. The Morgan fingerprint density at radius 2 is 2.37 bits per heavy atom. The summed E-state index contributed by atoms with van der Waals surface area (Å²) in [5.41, 5.74) is 0.485. The van der Waals surface area contributed by atoms with Crippen LogP contribution in [0, 0.1) is 11.3 Å². The lowest BCUT2D eigenvalue weighted by Gasteiger charge is -1.97. The second-order valence-electron chi connectivity index (χ2n) is 4.33.